The third-order valence-electron chi connectivity index (χ3n) is 1.50. The molecule has 0 amide bonds. The van der Waals surface area contributed by atoms with E-state index in [1.165, 1.54) is 0 Å². The van der Waals surface area contributed by atoms with Crippen LogP contribution in [0.2, 0.25) is 10.0 Å². The van der Waals surface area contributed by atoms with E-state index in [4.69, 9.17) is 28.5 Å². The van der Waals surface area contributed by atoms with Crippen LogP contribution in [0.25, 0.3) is 0 Å². The normalized spacial score (nSPS) is 11.0. The fourth-order valence-corrected chi connectivity index (χ4v) is 2.14. The molecule has 0 radical (unpaired) electrons. The summed E-state index contributed by atoms with van der Waals surface area (Å²) in [6.45, 7) is 1.59. The molecule has 78 valence electrons. The first-order chi connectivity index (χ1) is 7.04. The van der Waals surface area contributed by atoms with Crippen LogP contribution >= 0.6 is 39.1 Å². The van der Waals surface area contributed by atoms with E-state index in [9.17, 15) is 0 Å². The second-order valence-electron chi connectivity index (χ2n) is 2.67. The van der Waals surface area contributed by atoms with Crippen molar-refractivity contribution < 1.29 is 0 Å². The molecule has 0 fully saturated rings. The first kappa shape index (κ1) is 12.3. The van der Waals surface area contributed by atoms with Crippen molar-refractivity contribution in [3.63, 3.8) is 0 Å². The number of nitrogens with one attached hydrogen (secondary N) is 1. The van der Waals surface area contributed by atoms with Gasteiger partial charge in [-0.2, -0.15) is 10.4 Å². The van der Waals surface area contributed by atoms with Gasteiger partial charge in [0.2, 0.25) is 0 Å². The summed E-state index contributed by atoms with van der Waals surface area (Å²) < 4.78 is 0.689. The Labute approximate surface area is 106 Å². The van der Waals surface area contributed by atoms with Crippen LogP contribution in [0, 0.1) is 11.3 Å². The summed E-state index contributed by atoms with van der Waals surface area (Å²) >= 11 is 15.0. The highest BCUT2D eigenvalue weighted by Gasteiger charge is 2.06. The SMILES string of the molecule is CC(C#N)=NNc1c(Cl)cc(Cl)cc1Br. The number of benzene rings is 1. The monoisotopic (exact) mass is 305 g/mol. The van der Waals surface area contributed by atoms with Crippen molar-refractivity contribution in [1.82, 2.24) is 0 Å². The van der Waals surface area contributed by atoms with E-state index >= 15 is 0 Å². The smallest absolute Gasteiger partial charge is 0.134 e. The number of rotatable bonds is 2. The van der Waals surface area contributed by atoms with Gasteiger partial charge in [-0.15, -0.1) is 0 Å². The first-order valence-electron chi connectivity index (χ1n) is 3.89. The molecular formula is C9H6BrCl2N3. The van der Waals surface area contributed by atoms with Crippen molar-refractivity contribution in [2.45, 2.75) is 6.92 Å². The first-order valence-corrected chi connectivity index (χ1v) is 5.44. The Morgan fingerprint density at radius 3 is 2.73 bits per heavy atom. The topological polar surface area (TPSA) is 48.2 Å². The summed E-state index contributed by atoms with van der Waals surface area (Å²) in [7, 11) is 0. The number of nitrogens with zero attached hydrogens (tertiary/aromatic N) is 2. The summed E-state index contributed by atoms with van der Waals surface area (Å²) in [6, 6.07) is 5.17. The molecule has 1 N–H and O–H groups in total. The summed E-state index contributed by atoms with van der Waals surface area (Å²) in [5, 5.41) is 13.3. The number of halogens is 3. The van der Waals surface area contributed by atoms with E-state index in [0.717, 1.165) is 0 Å². The van der Waals surface area contributed by atoms with Crippen molar-refractivity contribution in [2.24, 2.45) is 5.10 Å². The van der Waals surface area contributed by atoms with Crippen molar-refractivity contribution in [3.05, 3.63) is 26.7 Å². The number of hydrazone groups is 1. The predicted octanol–water partition coefficient (Wildman–Crippen LogP) is 4.07. The van der Waals surface area contributed by atoms with Gasteiger partial charge in [0.05, 0.1) is 10.7 Å². The van der Waals surface area contributed by atoms with Crippen LogP contribution in [0.5, 0.6) is 0 Å². The Morgan fingerprint density at radius 1 is 1.53 bits per heavy atom. The molecular weight excluding hydrogens is 301 g/mol. The maximum Gasteiger partial charge on any atom is 0.134 e. The molecule has 0 bridgehead atoms. The molecule has 1 aromatic rings. The minimum atomic E-state index is 0.313. The Morgan fingerprint density at radius 2 is 2.20 bits per heavy atom. The van der Waals surface area contributed by atoms with Crippen LogP contribution < -0.4 is 5.43 Å². The summed E-state index contributed by atoms with van der Waals surface area (Å²) in [6.07, 6.45) is 0. The summed E-state index contributed by atoms with van der Waals surface area (Å²) in [4.78, 5) is 0. The zero-order valence-electron chi connectivity index (χ0n) is 7.68. The molecule has 0 saturated heterocycles. The Balaban J connectivity index is 3.02. The quantitative estimate of drug-likeness (QED) is 0.661. The fraction of sp³-hybridized carbons (Fsp3) is 0.111. The molecule has 0 unspecified atom stereocenters. The number of nitriles is 1. The van der Waals surface area contributed by atoms with Gasteiger partial charge in [-0.1, -0.05) is 23.2 Å². The van der Waals surface area contributed by atoms with Gasteiger partial charge in [0.25, 0.3) is 0 Å². The minimum absolute atomic E-state index is 0.313. The fourth-order valence-electron chi connectivity index (χ4n) is 0.814. The zero-order chi connectivity index (χ0) is 11.4. The van der Waals surface area contributed by atoms with Crippen LogP contribution in [0.15, 0.2) is 21.7 Å². The molecule has 3 nitrogen and oxygen atoms in total. The van der Waals surface area contributed by atoms with Gasteiger partial charge in [0.1, 0.15) is 11.8 Å². The van der Waals surface area contributed by atoms with Crippen molar-refractivity contribution in [1.29, 1.82) is 5.26 Å². The maximum absolute atomic E-state index is 8.51. The van der Waals surface area contributed by atoms with E-state index in [0.29, 0.717) is 25.9 Å². The largest absolute Gasteiger partial charge is 0.275 e. The molecule has 0 atom stereocenters. The lowest BCUT2D eigenvalue weighted by Crippen LogP contribution is -1.96. The van der Waals surface area contributed by atoms with Gasteiger partial charge in [0, 0.05) is 9.50 Å². The third-order valence-corrected chi connectivity index (χ3v) is 2.65. The lowest BCUT2D eigenvalue weighted by molar-refractivity contribution is 1.32. The molecule has 0 saturated carbocycles. The lowest BCUT2D eigenvalue weighted by Gasteiger charge is -2.06. The van der Waals surface area contributed by atoms with Gasteiger partial charge in [-0.05, 0) is 35.0 Å². The minimum Gasteiger partial charge on any atom is -0.275 e. The van der Waals surface area contributed by atoms with E-state index < -0.39 is 0 Å². The highest BCUT2D eigenvalue weighted by Crippen LogP contribution is 2.33. The second-order valence-corrected chi connectivity index (χ2v) is 4.36. The summed E-state index contributed by atoms with van der Waals surface area (Å²) in [5.41, 5.74) is 3.58. The number of hydrogen-bond acceptors (Lipinski definition) is 3. The maximum atomic E-state index is 8.51. The van der Waals surface area contributed by atoms with Crippen LogP contribution in [-0.4, -0.2) is 5.71 Å². The average molecular weight is 307 g/mol. The number of hydrogen-bond donors (Lipinski definition) is 1. The Bertz CT molecular complexity index is 428. The molecule has 0 aromatic heterocycles. The van der Waals surface area contributed by atoms with Crippen molar-refractivity contribution in [3.8, 4) is 6.07 Å². The van der Waals surface area contributed by atoms with E-state index in [1.54, 1.807) is 19.1 Å². The average Bonchev–Trinajstić information content (AvgIpc) is 2.15. The molecule has 1 aromatic carbocycles. The second kappa shape index (κ2) is 5.36. The highest BCUT2D eigenvalue weighted by atomic mass is 79.9. The van der Waals surface area contributed by atoms with Crippen LogP contribution in [0.1, 0.15) is 6.92 Å². The molecule has 0 spiro atoms. The highest BCUT2D eigenvalue weighted by molar-refractivity contribution is 9.10. The molecule has 6 heteroatoms. The number of anilines is 1. The molecule has 0 aliphatic heterocycles. The van der Waals surface area contributed by atoms with Crippen molar-refractivity contribution >= 4 is 50.5 Å². The van der Waals surface area contributed by atoms with E-state index in [1.807, 2.05) is 6.07 Å². The van der Waals surface area contributed by atoms with E-state index in [2.05, 4.69) is 26.5 Å². The van der Waals surface area contributed by atoms with Gasteiger partial charge < -0.3 is 0 Å². The molecule has 0 aliphatic carbocycles. The molecule has 15 heavy (non-hydrogen) atoms. The Hall–Kier alpha value is -0.760. The third kappa shape index (κ3) is 3.38. The standard InChI is InChI=1S/C9H6BrCl2N3/c1-5(4-13)14-15-9-7(10)2-6(11)3-8(9)12/h2-3,15H,1H3. The van der Waals surface area contributed by atoms with Crippen LogP contribution in [0.3, 0.4) is 0 Å². The summed E-state index contributed by atoms with van der Waals surface area (Å²) in [5.74, 6) is 0. The van der Waals surface area contributed by atoms with Gasteiger partial charge >= 0.3 is 0 Å². The van der Waals surface area contributed by atoms with Gasteiger partial charge in [-0.25, -0.2) is 0 Å². The van der Waals surface area contributed by atoms with Crippen LogP contribution in [-0.2, 0) is 0 Å². The van der Waals surface area contributed by atoms with Gasteiger partial charge in [0.15, 0.2) is 0 Å². The molecule has 0 aliphatic rings. The lowest BCUT2D eigenvalue weighted by atomic mass is 10.3. The van der Waals surface area contributed by atoms with E-state index in [-0.39, 0.29) is 0 Å². The molecule has 0 heterocycles. The zero-order valence-corrected chi connectivity index (χ0v) is 10.8. The molecule has 1 rings (SSSR count). The Kier molecular flexibility index (Phi) is 4.40. The van der Waals surface area contributed by atoms with Crippen LogP contribution in [0.4, 0.5) is 5.69 Å². The predicted molar refractivity (Wildman–Crippen MR) is 66.5 cm³/mol. The van der Waals surface area contributed by atoms with Gasteiger partial charge in [-0.3, -0.25) is 5.43 Å². The van der Waals surface area contributed by atoms with Crippen molar-refractivity contribution in [2.75, 3.05) is 5.43 Å².